The fourth-order valence-electron chi connectivity index (χ4n) is 3.91. The number of hydrogen-bond acceptors (Lipinski definition) is 3. The fourth-order valence-corrected chi connectivity index (χ4v) is 3.91. The molecule has 146 valence electrons. The third-order valence-corrected chi connectivity index (χ3v) is 5.39. The van der Waals surface area contributed by atoms with Gasteiger partial charge < -0.3 is 14.8 Å². The van der Waals surface area contributed by atoms with Gasteiger partial charge in [0.1, 0.15) is 11.5 Å². The van der Waals surface area contributed by atoms with Crippen molar-refractivity contribution in [1.29, 1.82) is 0 Å². The monoisotopic (exact) mass is 385 g/mol. The van der Waals surface area contributed by atoms with E-state index in [-0.39, 0.29) is 17.1 Å². The molecule has 1 aromatic heterocycles. The summed E-state index contributed by atoms with van der Waals surface area (Å²) in [4.78, 5) is 13.5. The number of fused-ring (bicyclic) bond motifs is 1. The van der Waals surface area contributed by atoms with Gasteiger partial charge in [-0.3, -0.25) is 4.79 Å². The maximum atomic E-state index is 13.5. The lowest BCUT2D eigenvalue weighted by Crippen LogP contribution is -2.26. The number of nitrogens with zero attached hydrogens (tertiary/aromatic N) is 1. The lowest BCUT2D eigenvalue weighted by Gasteiger charge is -2.17. The van der Waals surface area contributed by atoms with Crippen LogP contribution < -0.4 is 5.56 Å². The number of rotatable bonds is 5. The van der Waals surface area contributed by atoms with E-state index in [1.165, 1.54) is 6.07 Å². The van der Waals surface area contributed by atoms with Gasteiger partial charge in [0.25, 0.3) is 5.56 Å². The molecule has 0 radical (unpaired) electrons. The summed E-state index contributed by atoms with van der Waals surface area (Å²) in [6, 6.07) is 22.7. The molecule has 0 unspecified atom stereocenters. The van der Waals surface area contributed by atoms with Gasteiger partial charge in [0.2, 0.25) is 0 Å². The number of aryl methyl sites for hydroxylation is 2. The van der Waals surface area contributed by atoms with Crippen LogP contribution in [-0.4, -0.2) is 14.8 Å². The predicted molar refractivity (Wildman–Crippen MR) is 116 cm³/mol. The normalized spacial score (nSPS) is 11.1. The zero-order valence-electron chi connectivity index (χ0n) is 16.3. The second kappa shape index (κ2) is 7.84. The molecule has 4 nitrogen and oxygen atoms in total. The zero-order valence-corrected chi connectivity index (χ0v) is 16.3. The molecule has 4 heteroatoms. The van der Waals surface area contributed by atoms with Crippen molar-refractivity contribution in [3.05, 3.63) is 105 Å². The Morgan fingerprint density at radius 3 is 2.10 bits per heavy atom. The lowest BCUT2D eigenvalue weighted by molar-refractivity contribution is 0.454. The Kier molecular flexibility index (Phi) is 5.09. The molecule has 0 saturated heterocycles. The molecule has 1 heterocycles. The van der Waals surface area contributed by atoms with Gasteiger partial charge in [-0.15, -0.1) is 0 Å². The smallest absolute Gasteiger partial charge is 0.254 e. The largest absolute Gasteiger partial charge is 0.508 e. The van der Waals surface area contributed by atoms with E-state index in [4.69, 9.17) is 0 Å². The lowest BCUT2D eigenvalue weighted by atomic mass is 9.97. The Labute approximate surface area is 169 Å². The number of aromatic hydroxyl groups is 2. The number of benzene rings is 3. The minimum Gasteiger partial charge on any atom is -0.508 e. The second-order valence-corrected chi connectivity index (χ2v) is 7.33. The summed E-state index contributed by atoms with van der Waals surface area (Å²) in [6.45, 7) is 2.24. The second-order valence-electron chi connectivity index (χ2n) is 7.33. The highest BCUT2D eigenvalue weighted by molar-refractivity contribution is 5.90. The molecule has 0 aliphatic carbocycles. The first-order chi connectivity index (χ1) is 14.0. The molecular weight excluding hydrogens is 362 g/mol. The van der Waals surface area contributed by atoms with E-state index < -0.39 is 0 Å². The van der Waals surface area contributed by atoms with Gasteiger partial charge in [0, 0.05) is 23.1 Å². The van der Waals surface area contributed by atoms with Gasteiger partial charge in [0.15, 0.2) is 0 Å². The number of aromatic nitrogens is 1. The first kappa shape index (κ1) is 18.8. The summed E-state index contributed by atoms with van der Waals surface area (Å²) in [6.07, 6.45) is 1.33. The Morgan fingerprint density at radius 1 is 0.828 bits per heavy atom. The average molecular weight is 385 g/mol. The summed E-state index contributed by atoms with van der Waals surface area (Å²) < 4.78 is 1.65. The first-order valence-electron chi connectivity index (χ1n) is 9.70. The Bertz CT molecular complexity index is 1210. The van der Waals surface area contributed by atoms with Gasteiger partial charge in [0.05, 0.1) is 12.1 Å². The fraction of sp³-hybridized carbons (Fsp3) is 0.160. The topological polar surface area (TPSA) is 62.5 Å². The Hall–Kier alpha value is -3.53. The molecule has 0 aliphatic heterocycles. The number of hydrogen-bond donors (Lipinski definition) is 2. The standard InChI is InChI=1S/C25H23NO3/c1-17-21(13-12-18-8-4-2-5-9-18)25(29)26(16-19-10-6-3-7-11-19)22-14-20(27)15-23(28)24(17)22/h2-11,14-15,27-28H,12-13,16H2,1H3. The Morgan fingerprint density at radius 2 is 1.45 bits per heavy atom. The van der Waals surface area contributed by atoms with E-state index in [0.717, 1.165) is 23.1 Å². The van der Waals surface area contributed by atoms with Gasteiger partial charge in [-0.25, -0.2) is 0 Å². The van der Waals surface area contributed by atoms with Crippen LogP contribution in [0.4, 0.5) is 0 Å². The number of pyridine rings is 1. The molecule has 4 rings (SSSR count). The minimum atomic E-state index is -0.0835. The van der Waals surface area contributed by atoms with Crippen molar-refractivity contribution >= 4 is 10.9 Å². The third kappa shape index (κ3) is 3.74. The van der Waals surface area contributed by atoms with Crippen LogP contribution in [0, 0.1) is 6.92 Å². The van der Waals surface area contributed by atoms with Crippen molar-refractivity contribution in [3.63, 3.8) is 0 Å². The van der Waals surface area contributed by atoms with Crippen LogP contribution in [0.5, 0.6) is 11.5 Å². The van der Waals surface area contributed by atoms with E-state index in [2.05, 4.69) is 0 Å². The van der Waals surface area contributed by atoms with Crippen LogP contribution in [0.1, 0.15) is 22.3 Å². The summed E-state index contributed by atoms with van der Waals surface area (Å²) in [5.74, 6) is -0.0760. The summed E-state index contributed by atoms with van der Waals surface area (Å²) in [7, 11) is 0. The van der Waals surface area contributed by atoms with E-state index in [0.29, 0.717) is 29.4 Å². The molecule has 0 bridgehead atoms. The van der Waals surface area contributed by atoms with Crippen molar-refractivity contribution in [2.75, 3.05) is 0 Å². The third-order valence-electron chi connectivity index (χ3n) is 5.39. The quantitative estimate of drug-likeness (QED) is 0.530. The van der Waals surface area contributed by atoms with E-state index in [1.54, 1.807) is 10.6 Å². The Balaban J connectivity index is 1.88. The zero-order chi connectivity index (χ0) is 20.4. The van der Waals surface area contributed by atoms with Crippen molar-refractivity contribution in [3.8, 4) is 11.5 Å². The first-order valence-corrected chi connectivity index (χ1v) is 9.70. The maximum absolute atomic E-state index is 13.5. The average Bonchev–Trinajstić information content (AvgIpc) is 2.72. The molecule has 3 aromatic carbocycles. The molecule has 0 atom stereocenters. The van der Waals surface area contributed by atoms with Crippen LogP contribution >= 0.6 is 0 Å². The van der Waals surface area contributed by atoms with Crippen LogP contribution in [-0.2, 0) is 19.4 Å². The molecule has 0 fully saturated rings. The molecule has 4 aromatic rings. The molecule has 0 saturated carbocycles. The number of phenols is 2. The highest BCUT2D eigenvalue weighted by Gasteiger charge is 2.18. The highest BCUT2D eigenvalue weighted by Crippen LogP contribution is 2.33. The molecule has 0 amide bonds. The SMILES string of the molecule is Cc1c(CCc2ccccc2)c(=O)n(Cc2ccccc2)c2cc(O)cc(O)c12. The van der Waals surface area contributed by atoms with Gasteiger partial charge in [-0.2, -0.15) is 0 Å². The summed E-state index contributed by atoms with van der Waals surface area (Å²) in [5.41, 5.74) is 4.06. The van der Waals surface area contributed by atoms with Crippen LogP contribution in [0.2, 0.25) is 0 Å². The highest BCUT2D eigenvalue weighted by atomic mass is 16.3. The van der Waals surface area contributed by atoms with Crippen molar-refractivity contribution in [2.45, 2.75) is 26.3 Å². The summed E-state index contributed by atoms with van der Waals surface area (Å²) >= 11 is 0. The maximum Gasteiger partial charge on any atom is 0.254 e. The van der Waals surface area contributed by atoms with Crippen LogP contribution in [0.15, 0.2) is 77.6 Å². The molecule has 2 N–H and O–H groups in total. The molecule has 0 aliphatic rings. The molecule has 29 heavy (non-hydrogen) atoms. The predicted octanol–water partition coefficient (Wildman–Crippen LogP) is 4.55. The van der Waals surface area contributed by atoms with Crippen molar-refractivity contribution < 1.29 is 10.2 Å². The minimum absolute atomic E-state index is 0.0136. The molecule has 0 spiro atoms. The summed E-state index contributed by atoms with van der Waals surface area (Å²) in [5, 5.41) is 21.2. The molecular formula is C25H23NO3. The van der Waals surface area contributed by atoms with Gasteiger partial charge in [-0.05, 0) is 36.5 Å². The van der Waals surface area contributed by atoms with Crippen LogP contribution in [0.3, 0.4) is 0 Å². The van der Waals surface area contributed by atoms with Gasteiger partial charge in [-0.1, -0.05) is 60.7 Å². The van der Waals surface area contributed by atoms with Crippen molar-refractivity contribution in [2.24, 2.45) is 0 Å². The number of phenolic OH excluding ortho intramolecular Hbond substituents is 2. The van der Waals surface area contributed by atoms with E-state index in [9.17, 15) is 15.0 Å². The van der Waals surface area contributed by atoms with E-state index in [1.807, 2.05) is 67.6 Å². The van der Waals surface area contributed by atoms with E-state index >= 15 is 0 Å². The van der Waals surface area contributed by atoms with Gasteiger partial charge >= 0.3 is 0 Å². The van der Waals surface area contributed by atoms with Crippen molar-refractivity contribution in [1.82, 2.24) is 4.57 Å². The van der Waals surface area contributed by atoms with Crippen LogP contribution in [0.25, 0.3) is 10.9 Å².